The van der Waals surface area contributed by atoms with E-state index in [2.05, 4.69) is 11.4 Å². The average Bonchev–Trinajstić information content (AvgIpc) is 3.13. The molecular weight excluding hydrogens is 364 g/mol. The number of fused-ring (bicyclic) bond motifs is 1. The van der Waals surface area contributed by atoms with Crippen molar-refractivity contribution in [3.05, 3.63) is 29.3 Å². The van der Waals surface area contributed by atoms with Gasteiger partial charge in [0, 0.05) is 37.5 Å². The van der Waals surface area contributed by atoms with E-state index in [1.807, 2.05) is 19.1 Å². The number of amides is 2. The molecule has 2 unspecified atom stereocenters. The van der Waals surface area contributed by atoms with Gasteiger partial charge in [-0.1, -0.05) is 17.7 Å². The van der Waals surface area contributed by atoms with E-state index in [1.54, 1.807) is 16.7 Å². The van der Waals surface area contributed by atoms with E-state index < -0.39 is 6.04 Å². The van der Waals surface area contributed by atoms with E-state index in [-0.39, 0.29) is 23.5 Å². The number of hydrogen-bond donors (Lipinski definition) is 1. The maximum atomic E-state index is 13.0. The highest BCUT2D eigenvalue weighted by atomic mass is 32.2. The second-order valence-corrected chi connectivity index (χ2v) is 8.71. The lowest BCUT2D eigenvalue weighted by atomic mass is 9.81. The minimum absolute atomic E-state index is 0.0516. The van der Waals surface area contributed by atoms with Crippen LogP contribution in [0.3, 0.4) is 0 Å². The lowest BCUT2D eigenvalue weighted by Crippen LogP contribution is -2.52. The molecule has 1 N–H and O–H groups in total. The number of nitrogens with one attached hydrogen (secondary N) is 1. The van der Waals surface area contributed by atoms with Gasteiger partial charge in [0.15, 0.2) is 0 Å². The van der Waals surface area contributed by atoms with Gasteiger partial charge in [-0.3, -0.25) is 9.59 Å². The maximum Gasteiger partial charge on any atom is 0.244 e. The minimum atomic E-state index is -0.394. The van der Waals surface area contributed by atoms with E-state index >= 15 is 0 Å². The number of rotatable bonds is 2. The summed E-state index contributed by atoms with van der Waals surface area (Å²) in [6, 6.07) is 5.64. The number of thioether (sulfide) groups is 1. The first-order valence-corrected chi connectivity index (χ1v) is 10.7. The molecule has 3 aliphatic rings. The van der Waals surface area contributed by atoms with Crippen molar-refractivity contribution in [3.8, 4) is 5.75 Å². The smallest absolute Gasteiger partial charge is 0.244 e. The van der Waals surface area contributed by atoms with Crippen molar-refractivity contribution in [3.63, 3.8) is 0 Å². The third-order valence-electron chi connectivity index (χ3n) is 5.75. The third kappa shape index (κ3) is 3.67. The molecule has 1 spiro atoms. The lowest BCUT2D eigenvalue weighted by Gasteiger charge is -2.44. The van der Waals surface area contributed by atoms with E-state index in [0.717, 1.165) is 36.1 Å². The molecule has 0 aliphatic carbocycles. The first-order valence-electron chi connectivity index (χ1n) is 9.50. The van der Waals surface area contributed by atoms with Crippen LogP contribution in [0.1, 0.15) is 43.4 Å². The van der Waals surface area contributed by atoms with Crippen molar-refractivity contribution in [2.24, 2.45) is 0 Å². The molecule has 7 heteroatoms. The second-order valence-electron chi connectivity index (χ2n) is 7.71. The summed E-state index contributed by atoms with van der Waals surface area (Å²) in [6.45, 7) is 4.93. The van der Waals surface area contributed by atoms with Crippen LogP contribution in [-0.2, 0) is 14.3 Å². The minimum Gasteiger partial charge on any atom is -0.487 e. The number of ether oxygens (including phenoxy) is 2. The Balaban J connectivity index is 1.59. The number of aryl methyl sites for hydroxylation is 1. The Morgan fingerprint density at radius 2 is 2.07 bits per heavy atom. The second kappa shape index (κ2) is 7.36. The molecule has 3 heterocycles. The quantitative estimate of drug-likeness (QED) is 0.840. The number of hydrogen-bond acceptors (Lipinski definition) is 5. The van der Waals surface area contributed by atoms with Crippen molar-refractivity contribution in [1.29, 1.82) is 0 Å². The summed E-state index contributed by atoms with van der Waals surface area (Å²) in [6.07, 6.45) is 2.38. The molecule has 146 valence electrons. The molecule has 0 bridgehead atoms. The molecule has 2 fully saturated rings. The Morgan fingerprint density at radius 3 is 2.81 bits per heavy atom. The van der Waals surface area contributed by atoms with Crippen LogP contribution in [0, 0.1) is 6.92 Å². The fourth-order valence-electron chi connectivity index (χ4n) is 4.21. The number of nitrogens with zero attached hydrogens (tertiary/aromatic N) is 1. The molecule has 0 aromatic heterocycles. The molecule has 3 aliphatic heterocycles. The summed E-state index contributed by atoms with van der Waals surface area (Å²) >= 11 is 1.62. The van der Waals surface area contributed by atoms with Crippen LogP contribution in [0.5, 0.6) is 5.75 Å². The van der Waals surface area contributed by atoms with Crippen LogP contribution in [0.2, 0.25) is 0 Å². The summed E-state index contributed by atoms with van der Waals surface area (Å²) in [5.41, 5.74) is 1.88. The van der Waals surface area contributed by atoms with Gasteiger partial charge in [-0.25, -0.2) is 0 Å². The van der Waals surface area contributed by atoms with Gasteiger partial charge in [-0.15, -0.1) is 11.8 Å². The van der Waals surface area contributed by atoms with Gasteiger partial charge < -0.3 is 19.7 Å². The van der Waals surface area contributed by atoms with Crippen molar-refractivity contribution >= 4 is 23.6 Å². The molecule has 2 saturated heterocycles. The van der Waals surface area contributed by atoms with Crippen LogP contribution in [0.15, 0.2) is 18.2 Å². The summed E-state index contributed by atoms with van der Waals surface area (Å²) in [5.74, 6) is 1.95. The zero-order chi connectivity index (χ0) is 19.0. The van der Waals surface area contributed by atoms with E-state index in [9.17, 15) is 9.59 Å². The molecule has 4 rings (SSSR count). The zero-order valence-corrected chi connectivity index (χ0v) is 16.6. The van der Waals surface area contributed by atoms with Gasteiger partial charge in [-0.2, -0.15) is 0 Å². The number of carbonyl (C=O) groups excluding carboxylic acids is 2. The van der Waals surface area contributed by atoms with Crippen LogP contribution < -0.4 is 10.1 Å². The van der Waals surface area contributed by atoms with Crippen LogP contribution in [0.25, 0.3) is 0 Å². The van der Waals surface area contributed by atoms with Gasteiger partial charge in [-0.05, 0) is 13.0 Å². The van der Waals surface area contributed by atoms with Gasteiger partial charge in [0.25, 0.3) is 0 Å². The predicted molar refractivity (Wildman–Crippen MR) is 104 cm³/mol. The Bertz CT molecular complexity index is 747. The molecule has 27 heavy (non-hydrogen) atoms. The Labute approximate surface area is 164 Å². The van der Waals surface area contributed by atoms with Gasteiger partial charge in [0.05, 0.1) is 25.1 Å². The Morgan fingerprint density at radius 1 is 1.30 bits per heavy atom. The van der Waals surface area contributed by atoms with E-state index in [1.165, 1.54) is 6.92 Å². The van der Waals surface area contributed by atoms with Gasteiger partial charge in [0.2, 0.25) is 11.8 Å². The topological polar surface area (TPSA) is 67.9 Å². The van der Waals surface area contributed by atoms with E-state index in [0.29, 0.717) is 24.8 Å². The molecule has 1 aromatic rings. The van der Waals surface area contributed by atoms with Crippen molar-refractivity contribution in [2.45, 2.75) is 50.8 Å². The third-order valence-corrected chi connectivity index (χ3v) is 6.77. The molecule has 1 aromatic carbocycles. The molecule has 2 atom stereocenters. The Hall–Kier alpha value is -1.73. The number of carbonyl (C=O) groups is 2. The molecular formula is C20H26N2O4S. The van der Waals surface area contributed by atoms with Gasteiger partial charge in [0.1, 0.15) is 17.4 Å². The highest BCUT2D eigenvalue weighted by molar-refractivity contribution is 7.99. The standard InChI is InChI=1S/C20H26N2O4S/c1-13-3-4-18-15(9-13)16(10-20(26-18)5-7-25-8-6-20)21-19(24)17-11-27-12-22(17)14(2)23/h3-4,9,16-17H,5-8,10-12H2,1-2H3,(H,21,24). The van der Waals surface area contributed by atoms with Crippen molar-refractivity contribution in [2.75, 3.05) is 24.8 Å². The number of benzene rings is 1. The van der Waals surface area contributed by atoms with Crippen molar-refractivity contribution < 1.29 is 19.1 Å². The van der Waals surface area contributed by atoms with Crippen LogP contribution in [-0.4, -0.2) is 53.2 Å². The normalized spacial score (nSPS) is 26.4. The summed E-state index contributed by atoms with van der Waals surface area (Å²) in [5, 5.41) is 3.23. The molecule has 2 amide bonds. The highest BCUT2D eigenvalue weighted by Crippen LogP contribution is 2.44. The van der Waals surface area contributed by atoms with Crippen LogP contribution >= 0.6 is 11.8 Å². The largest absolute Gasteiger partial charge is 0.487 e. The summed E-state index contributed by atoms with van der Waals surface area (Å²) in [4.78, 5) is 26.5. The first kappa shape index (κ1) is 18.6. The SMILES string of the molecule is CC(=O)N1CSCC1C(=O)NC1CC2(CCOCC2)Oc2ccc(C)cc21. The predicted octanol–water partition coefficient (Wildman–Crippen LogP) is 2.41. The maximum absolute atomic E-state index is 13.0. The van der Waals surface area contributed by atoms with E-state index in [4.69, 9.17) is 9.47 Å². The average molecular weight is 391 g/mol. The first-order chi connectivity index (χ1) is 13.0. The molecule has 0 radical (unpaired) electrons. The Kier molecular flexibility index (Phi) is 5.07. The zero-order valence-electron chi connectivity index (χ0n) is 15.8. The van der Waals surface area contributed by atoms with Gasteiger partial charge >= 0.3 is 0 Å². The lowest BCUT2D eigenvalue weighted by molar-refractivity contribution is -0.137. The fourth-order valence-corrected chi connectivity index (χ4v) is 5.42. The van der Waals surface area contributed by atoms with Crippen molar-refractivity contribution in [1.82, 2.24) is 10.2 Å². The van der Waals surface area contributed by atoms with Crippen LogP contribution in [0.4, 0.5) is 0 Å². The summed E-state index contributed by atoms with van der Waals surface area (Å²) < 4.78 is 11.9. The monoisotopic (exact) mass is 390 g/mol. The highest BCUT2D eigenvalue weighted by Gasteiger charge is 2.44. The molecule has 0 saturated carbocycles. The fraction of sp³-hybridized carbons (Fsp3) is 0.600. The molecule has 6 nitrogen and oxygen atoms in total. The summed E-state index contributed by atoms with van der Waals surface area (Å²) in [7, 11) is 0.